The number of hydrogen-bond donors (Lipinski definition) is 1. The SMILES string of the molecule is COc1cc(NC(=O)c2cnc(C)nc2)c(OC)cc1Cl. The van der Waals surface area contributed by atoms with E-state index in [4.69, 9.17) is 21.1 Å². The second-order valence-electron chi connectivity index (χ2n) is 4.16. The van der Waals surface area contributed by atoms with Gasteiger partial charge in [0.15, 0.2) is 0 Å². The Bertz CT molecular complexity index is 659. The summed E-state index contributed by atoms with van der Waals surface area (Å²) in [6.07, 6.45) is 2.91. The molecule has 0 radical (unpaired) electrons. The van der Waals surface area contributed by atoms with E-state index in [-0.39, 0.29) is 5.91 Å². The van der Waals surface area contributed by atoms with Gasteiger partial charge in [0, 0.05) is 24.5 Å². The fourth-order valence-corrected chi connectivity index (χ4v) is 1.89. The maximum atomic E-state index is 12.2. The van der Waals surface area contributed by atoms with E-state index >= 15 is 0 Å². The zero-order chi connectivity index (χ0) is 15.4. The van der Waals surface area contributed by atoms with Crippen LogP contribution < -0.4 is 14.8 Å². The monoisotopic (exact) mass is 307 g/mol. The van der Waals surface area contributed by atoms with Gasteiger partial charge in [-0.1, -0.05) is 11.6 Å². The molecular weight excluding hydrogens is 294 g/mol. The number of nitrogens with zero attached hydrogens (tertiary/aromatic N) is 2. The molecule has 0 saturated carbocycles. The Labute approximate surface area is 127 Å². The van der Waals surface area contributed by atoms with E-state index in [1.54, 1.807) is 19.1 Å². The Morgan fingerprint density at radius 1 is 1.14 bits per heavy atom. The number of benzene rings is 1. The molecule has 0 unspecified atom stereocenters. The number of carbonyl (C=O) groups excluding carboxylic acids is 1. The highest BCUT2D eigenvalue weighted by molar-refractivity contribution is 6.32. The first-order valence-corrected chi connectivity index (χ1v) is 6.44. The summed E-state index contributed by atoms with van der Waals surface area (Å²) in [6, 6.07) is 3.16. The minimum atomic E-state index is -0.349. The summed E-state index contributed by atoms with van der Waals surface area (Å²) >= 11 is 6.01. The normalized spacial score (nSPS) is 10.1. The molecule has 110 valence electrons. The van der Waals surface area contributed by atoms with Crippen LogP contribution in [0.2, 0.25) is 5.02 Å². The van der Waals surface area contributed by atoms with Gasteiger partial charge in [0.1, 0.15) is 17.3 Å². The van der Waals surface area contributed by atoms with Gasteiger partial charge in [0.25, 0.3) is 5.91 Å². The predicted molar refractivity (Wildman–Crippen MR) is 79.3 cm³/mol. The number of aryl methyl sites for hydroxylation is 1. The van der Waals surface area contributed by atoms with E-state index < -0.39 is 0 Å². The largest absolute Gasteiger partial charge is 0.495 e. The fraction of sp³-hybridized carbons (Fsp3) is 0.214. The van der Waals surface area contributed by atoms with Crippen molar-refractivity contribution in [3.8, 4) is 11.5 Å². The van der Waals surface area contributed by atoms with Crippen LogP contribution in [0.4, 0.5) is 5.69 Å². The van der Waals surface area contributed by atoms with Crippen molar-refractivity contribution >= 4 is 23.2 Å². The van der Waals surface area contributed by atoms with Crippen molar-refractivity contribution < 1.29 is 14.3 Å². The molecule has 0 aliphatic rings. The van der Waals surface area contributed by atoms with Crippen LogP contribution in [0.25, 0.3) is 0 Å². The summed E-state index contributed by atoms with van der Waals surface area (Å²) in [5.41, 5.74) is 0.792. The van der Waals surface area contributed by atoms with E-state index in [0.717, 1.165) is 0 Å². The molecule has 1 aromatic heterocycles. The lowest BCUT2D eigenvalue weighted by Crippen LogP contribution is -2.13. The molecule has 7 heteroatoms. The van der Waals surface area contributed by atoms with Crippen LogP contribution in [-0.2, 0) is 0 Å². The molecule has 1 N–H and O–H groups in total. The summed E-state index contributed by atoms with van der Waals surface area (Å²) in [7, 11) is 2.98. The Kier molecular flexibility index (Phi) is 4.59. The molecule has 0 aliphatic carbocycles. The molecule has 0 aliphatic heterocycles. The summed E-state index contributed by atoms with van der Waals surface area (Å²) < 4.78 is 10.3. The van der Waals surface area contributed by atoms with E-state index in [2.05, 4.69) is 15.3 Å². The summed E-state index contributed by atoms with van der Waals surface area (Å²) in [6.45, 7) is 1.74. The minimum absolute atomic E-state index is 0.344. The van der Waals surface area contributed by atoms with Crippen molar-refractivity contribution in [1.82, 2.24) is 9.97 Å². The summed E-state index contributed by atoms with van der Waals surface area (Å²) in [4.78, 5) is 20.1. The van der Waals surface area contributed by atoms with E-state index in [1.165, 1.54) is 26.6 Å². The topological polar surface area (TPSA) is 73.3 Å². The quantitative estimate of drug-likeness (QED) is 0.940. The van der Waals surface area contributed by atoms with Gasteiger partial charge in [-0.2, -0.15) is 0 Å². The number of methoxy groups -OCH3 is 2. The number of halogens is 1. The number of hydrogen-bond acceptors (Lipinski definition) is 5. The molecule has 2 aromatic rings. The molecule has 0 fully saturated rings. The zero-order valence-corrected chi connectivity index (χ0v) is 12.6. The highest BCUT2D eigenvalue weighted by Gasteiger charge is 2.14. The average molecular weight is 308 g/mol. The molecule has 2 rings (SSSR count). The third-order valence-corrected chi connectivity index (χ3v) is 3.06. The van der Waals surface area contributed by atoms with Gasteiger partial charge < -0.3 is 14.8 Å². The van der Waals surface area contributed by atoms with Crippen LogP contribution in [-0.4, -0.2) is 30.1 Å². The molecule has 0 atom stereocenters. The number of rotatable bonds is 4. The van der Waals surface area contributed by atoms with E-state index in [9.17, 15) is 4.79 Å². The molecule has 0 bridgehead atoms. The van der Waals surface area contributed by atoms with Crippen LogP contribution >= 0.6 is 11.6 Å². The lowest BCUT2D eigenvalue weighted by molar-refractivity contribution is 0.102. The standard InChI is InChI=1S/C14H14ClN3O3/c1-8-16-6-9(7-17-8)14(19)18-11-5-12(20-2)10(15)4-13(11)21-3/h4-7H,1-3H3,(H,18,19). The maximum absolute atomic E-state index is 12.2. The summed E-state index contributed by atoms with van der Waals surface area (Å²) in [5.74, 6) is 1.12. The Morgan fingerprint density at radius 2 is 1.76 bits per heavy atom. The lowest BCUT2D eigenvalue weighted by Gasteiger charge is -2.13. The van der Waals surface area contributed by atoms with E-state index in [0.29, 0.717) is 33.6 Å². The Hall–Kier alpha value is -2.34. The predicted octanol–water partition coefficient (Wildman–Crippen LogP) is 2.71. The third-order valence-electron chi connectivity index (χ3n) is 2.77. The van der Waals surface area contributed by atoms with E-state index in [1.807, 2.05) is 0 Å². The lowest BCUT2D eigenvalue weighted by atomic mass is 10.2. The van der Waals surface area contributed by atoms with Crippen molar-refractivity contribution in [3.63, 3.8) is 0 Å². The number of amides is 1. The smallest absolute Gasteiger partial charge is 0.258 e. The van der Waals surface area contributed by atoms with Crippen molar-refractivity contribution in [2.75, 3.05) is 19.5 Å². The number of carbonyl (C=O) groups is 1. The number of anilines is 1. The zero-order valence-electron chi connectivity index (χ0n) is 11.8. The van der Waals surface area contributed by atoms with Gasteiger partial charge in [-0.05, 0) is 6.92 Å². The first-order chi connectivity index (χ1) is 10.0. The van der Waals surface area contributed by atoms with Gasteiger partial charge in [0.05, 0.1) is 30.5 Å². The molecular formula is C14H14ClN3O3. The third kappa shape index (κ3) is 3.41. The average Bonchev–Trinajstić information content (AvgIpc) is 2.49. The van der Waals surface area contributed by atoms with Crippen molar-refractivity contribution in [1.29, 1.82) is 0 Å². The maximum Gasteiger partial charge on any atom is 0.258 e. The van der Waals surface area contributed by atoms with Crippen molar-refractivity contribution in [3.05, 3.63) is 40.9 Å². The van der Waals surface area contributed by atoms with Crippen LogP contribution in [0, 0.1) is 6.92 Å². The molecule has 1 heterocycles. The second-order valence-corrected chi connectivity index (χ2v) is 4.57. The van der Waals surface area contributed by atoms with Crippen molar-refractivity contribution in [2.24, 2.45) is 0 Å². The van der Waals surface area contributed by atoms with Crippen LogP contribution in [0.1, 0.15) is 16.2 Å². The van der Waals surface area contributed by atoms with Gasteiger partial charge in [-0.3, -0.25) is 4.79 Å². The van der Waals surface area contributed by atoms with Gasteiger partial charge in [-0.25, -0.2) is 9.97 Å². The molecule has 0 spiro atoms. The fourth-order valence-electron chi connectivity index (χ4n) is 1.66. The number of aromatic nitrogens is 2. The molecule has 1 amide bonds. The highest BCUT2D eigenvalue weighted by atomic mass is 35.5. The van der Waals surface area contributed by atoms with Crippen molar-refractivity contribution in [2.45, 2.75) is 6.92 Å². The number of ether oxygens (including phenoxy) is 2. The Morgan fingerprint density at radius 3 is 2.33 bits per heavy atom. The highest BCUT2D eigenvalue weighted by Crippen LogP contribution is 2.35. The number of nitrogens with one attached hydrogen (secondary N) is 1. The molecule has 1 aromatic carbocycles. The van der Waals surface area contributed by atoms with Crippen LogP contribution in [0.5, 0.6) is 11.5 Å². The first-order valence-electron chi connectivity index (χ1n) is 6.06. The summed E-state index contributed by atoms with van der Waals surface area (Å²) in [5, 5.41) is 3.11. The molecule has 6 nitrogen and oxygen atoms in total. The van der Waals surface area contributed by atoms with Gasteiger partial charge >= 0.3 is 0 Å². The first kappa shape index (κ1) is 15.1. The van der Waals surface area contributed by atoms with Gasteiger partial charge in [0.2, 0.25) is 0 Å². The van der Waals surface area contributed by atoms with Gasteiger partial charge in [-0.15, -0.1) is 0 Å². The minimum Gasteiger partial charge on any atom is -0.495 e. The molecule has 21 heavy (non-hydrogen) atoms. The van der Waals surface area contributed by atoms with Crippen LogP contribution in [0.3, 0.4) is 0 Å². The Balaban J connectivity index is 2.29. The second kappa shape index (κ2) is 6.41. The molecule has 0 saturated heterocycles. The van der Waals surface area contributed by atoms with Crippen LogP contribution in [0.15, 0.2) is 24.5 Å².